The van der Waals surface area contributed by atoms with Crippen LogP contribution in [0.3, 0.4) is 0 Å². The number of hydrogen-bond donors (Lipinski definition) is 1. The predicted octanol–water partition coefficient (Wildman–Crippen LogP) is 3.84. The lowest BCUT2D eigenvalue weighted by molar-refractivity contribution is 0.476. The second kappa shape index (κ2) is 6.76. The van der Waals surface area contributed by atoms with Crippen molar-refractivity contribution in [3.05, 3.63) is 41.7 Å². The second-order valence-corrected chi connectivity index (χ2v) is 5.81. The van der Waals surface area contributed by atoms with Crippen LogP contribution in [0.25, 0.3) is 0 Å². The number of hydrogen-bond acceptors (Lipinski definition) is 3. The highest BCUT2D eigenvalue weighted by atomic mass is 16.5. The molecule has 2 N–H and O–H groups in total. The number of aryl methyl sites for hydroxylation is 1. The van der Waals surface area contributed by atoms with E-state index in [0.29, 0.717) is 6.04 Å². The minimum absolute atomic E-state index is 0.222. The van der Waals surface area contributed by atoms with Gasteiger partial charge in [-0.15, -0.1) is 0 Å². The Bertz CT molecular complexity index is 589. The minimum Gasteiger partial charge on any atom is -0.454 e. The van der Waals surface area contributed by atoms with E-state index >= 15 is 0 Å². The number of benzene rings is 1. The Morgan fingerprint density at radius 1 is 1.29 bits per heavy atom. The maximum absolute atomic E-state index is 6.02. The molecule has 0 amide bonds. The fourth-order valence-corrected chi connectivity index (χ4v) is 2.18. The summed E-state index contributed by atoms with van der Waals surface area (Å²) in [5, 5.41) is 4.28. The predicted molar refractivity (Wildman–Crippen MR) is 85.8 cm³/mol. The zero-order valence-electron chi connectivity index (χ0n) is 13.3. The molecule has 0 fully saturated rings. The molecule has 1 aromatic heterocycles. The Balaban J connectivity index is 2.08. The maximum atomic E-state index is 6.02. The molecule has 4 nitrogen and oxygen atoms in total. The van der Waals surface area contributed by atoms with Crippen molar-refractivity contribution in [3.63, 3.8) is 0 Å². The first-order valence-corrected chi connectivity index (χ1v) is 7.56. The van der Waals surface area contributed by atoms with Crippen LogP contribution >= 0.6 is 0 Å². The molecule has 0 aliphatic heterocycles. The molecule has 1 atom stereocenters. The summed E-state index contributed by atoms with van der Waals surface area (Å²) in [6, 6.07) is 6.72. The average molecular weight is 287 g/mol. The third-order valence-corrected chi connectivity index (χ3v) is 3.66. The molecule has 1 aromatic carbocycles. The van der Waals surface area contributed by atoms with Gasteiger partial charge in [-0.2, -0.15) is 5.10 Å². The molecule has 2 rings (SSSR count). The Kier molecular flexibility index (Phi) is 5.02. The van der Waals surface area contributed by atoms with Crippen LogP contribution in [-0.2, 0) is 6.42 Å². The van der Waals surface area contributed by atoms with Crippen LogP contribution < -0.4 is 10.5 Å². The van der Waals surface area contributed by atoms with Crippen LogP contribution in [0.4, 0.5) is 0 Å². The molecule has 0 saturated carbocycles. The standard InChI is InChI=1S/C17H25N3O/c1-5-15(18)9-14-6-7-16(8-13(14)4)21-17-10-19-20(11-17)12(2)3/h6-8,10-12,15H,5,9,18H2,1-4H3. The molecule has 0 radical (unpaired) electrons. The van der Waals surface area contributed by atoms with Gasteiger partial charge in [0.15, 0.2) is 5.75 Å². The minimum atomic E-state index is 0.222. The summed E-state index contributed by atoms with van der Waals surface area (Å²) in [5.74, 6) is 1.60. The summed E-state index contributed by atoms with van der Waals surface area (Å²) in [7, 11) is 0. The van der Waals surface area contributed by atoms with E-state index in [-0.39, 0.29) is 6.04 Å². The maximum Gasteiger partial charge on any atom is 0.165 e. The van der Waals surface area contributed by atoms with Gasteiger partial charge in [0.05, 0.1) is 12.4 Å². The molecule has 1 unspecified atom stereocenters. The SMILES string of the molecule is CCC(N)Cc1ccc(Oc2cnn(C(C)C)c2)cc1C. The highest BCUT2D eigenvalue weighted by Crippen LogP contribution is 2.24. The van der Waals surface area contributed by atoms with E-state index in [1.165, 1.54) is 11.1 Å². The van der Waals surface area contributed by atoms with Crippen LogP contribution in [0.5, 0.6) is 11.5 Å². The molecule has 1 heterocycles. The van der Waals surface area contributed by atoms with Gasteiger partial charge in [0.1, 0.15) is 5.75 Å². The van der Waals surface area contributed by atoms with E-state index in [1.807, 2.05) is 16.9 Å². The van der Waals surface area contributed by atoms with Crippen LogP contribution in [0, 0.1) is 6.92 Å². The molecular weight excluding hydrogens is 262 g/mol. The van der Waals surface area contributed by atoms with Crippen molar-refractivity contribution in [1.29, 1.82) is 0 Å². The normalized spacial score (nSPS) is 12.7. The third-order valence-electron chi connectivity index (χ3n) is 3.66. The van der Waals surface area contributed by atoms with Crippen molar-refractivity contribution in [2.45, 2.75) is 52.6 Å². The lowest BCUT2D eigenvalue weighted by atomic mass is 10.00. The fraction of sp³-hybridized carbons (Fsp3) is 0.471. The van der Waals surface area contributed by atoms with Crippen molar-refractivity contribution in [2.75, 3.05) is 0 Å². The van der Waals surface area contributed by atoms with Crippen molar-refractivity contribution < 1.29 is 4.74 Å². The summed E-state index contributed by atoms with van der Waals surface area (Å²) in [6.45, 7) is 8.39. The molecule has 0 aliphatic rings. The smallest absolute Gasteiger partial charge is 0.165 e. The van der Waals surface area contributed by atoms with Gasteiger partial charge in [0.25, 0.3) is 0 Å². The number of aromatic nitrogens is 2. The van der Waals surface area contributed by atoms with Gasteiger partial charge in [0, 0.05) is 12.1 Å². The van der Waals surface area contributed by atoms with Crippen LogP contribution in [-0.4, -0.2) is 15.8 Å². The Labute approximate surface area is 126 Å². The molecule has 21 heavy (non-hydrogen) atoms. The summed E-state index contributed by atoms with van der Waals surface area (Å²) in [5.41, 5.74) is 8.53. The fourth-order valence-electron chi connectivity index (χ4n) is 2.18. The highest BCUT2D eigenvalue weighted by molar-refractivity contribution is 5.37. The quantitative estimate of drug-likeness (QED) is 0.878. The first kappa shape index (κ1) is 15.6. The van der Waals surface area contributed by atoms with Crippen LogP contribution in [0.1, 0.15) is 44.4 Å². The van der Waals surface area contributed by atoms with Gasteiger partial charge in [-0.1, -0.05) is 13.0 Å². The number of nitrogens with zero attached hydrogens (tertiary/aromatic N) is 2. The van der Waals surface area contributed by atoms with Gasteiger partial charge in [-0.25, -0.2) is 0 Å². The number of ether oxygens (including phenoxy) is 1. The van der Waals surface area contributed by atoms with Gasteiger partial charge in [0.2, 0.25) is 0 Å². The van der Waals surface area contributed by atoms with Gasteiger partial charge < -0.3 is 10.5 Å². The topological polar surface area (TPSA) is 53.1 Å². The van der Waals surface area contributed by atoms with Crippen molar-refractivity contribution in [2.24, 2.45) is 5.73 Å². The Morgan fingerprint density at radius 2 is 2.05 bits per heavy atom. The number of rotatable bonds is 6. The van der Waals surface area contributed by atoms with E-state index in [0.717, 1.165) is 24.3 Å². The lowest BCUT2D eigenvalue weighted by Crippen LogP contribution is -2.21. The average Bonchev–Trinajstić information content (AvgIpc) is 2.90. The van der Waals surface area contributed by atoms with Gasteiger partial charge >= 0.3 is 0 Å². The second-order valence-electron chi connectivity index (χ2n) is 5.81. The first-order valence-electron chi connectivity index (χ1n) is 7.56. The summed E-state index contributed by atoms with van der Waals surface area (Å²) < 4.78 is 7.75. The molecule has 0 spiro atoms. The van der Waals surface area contributed by atoms with Crippen molar-refractivity contribution in [3.8, 4) is 11.5 Å². The largest absolute Gasteiger partial charge is 0.454 e. The van der Waals surface area contributed by atoms with E-state index in [1.54, 1.807) is 6.20 Å². The van der Waals surface area contributed by atoms with Crippen LogP contribution in [0.2, 0.25) is 0 Å². The zero-order chi connectivity index (χ0) is 15.4. The summed E-state index contributed by atoms with van der Waals surface area (Å²) in [4.78, 5) is 0. The molecule has 0 saturated heterocycles. The van der Waals surface area contributed by atoms with E-state index in [4.69, 9.17) is 10.5 Å². The van der Waals surface area contributed by atoms with Crippen molar-refractivity contribution in [1.82, 2.24) is 9.78 Å². The monoisotopic (exact) mass is 287 g/mol. The first-order chi connectivity index (χ1) is 9.99. The molecular formula is C17H25N3O. The highest BCUT2D eigenvalue weighted by Gasteiger charge is 2.08. The molecule has 114 valence electrons. The van der Waals surface area contributed by atoms with Gasteiger partial charge in [-0.05, 0) is 56.9 Å². The zero-order valence-corrected chi connectivity index (χ0v) is 13.3. The van der Waals surface area contributed by atoms with E-state index < -0.39 is 0 Å². The number of nitrogens with two attached hydrogens (primary N) is 1. The molecule has 2 aromatic rings. The Morgan fingerprint density at radius 3 is 2.62 bits per heavy atom. The summed E-state index contributed by atoms with van der Waals surface area (Å²) >= 11 is 0. The molecule has 0 bridgehead atoms. The molecule has 0 aliphatic carbocycles. The van der Waals surface area contributed by atoms with Crippen molar-refractivity contribution >= 4 is 0 Å². The lowest BCUT2D eigenvalue weighted by Gasteiger charge is -2.12. The van der Waals surface area contributed by atoms with E-state index in [9.17, 15) is 0 Å². The van der Waals surface area contributed by atoms with Crippen LogP contribution in [0.15, 0.2) is 30.6 Å². The Hall–Kier alpha value is -1.81. The van der Waals surface area contributed by atoms with E-state index in [2.05, 4.69) is 44.9 Å². The third kappa shape index (κ3) is 4.08. The summed E-state index contributed by atoms with van der Waals surface area (Å²) in [6.07, 6.45) is 5.57. The van der Waals surface area contributed by atoms with Gasteiger partial charge in [-0.3, -0.25) is 4.68 Å². The molecule has 4 heteroatoms.